The first kappa shape index (κ1) is 33.6. The van der Waals surface area contributed by atoms with Crippen LogP contribution < -0.4 is 0 Å². The summed E-state index contributed by atoms with van der Waals surface area (Å²) >= 11 is 0. The summed E-state index contributed by atoms with van der Waals surface area (Å²) in [6.45, 7) is 4.44. The van der Waals surface area contributed by atoms with Crippen molar-refractivity contribution in [3.05, 3.63) is 0 Å². The molecule has 34 heavy (non-hydrogen) atoms. The molecule has 0 bridgehead atoms. The van der Waals surface area contributed by atoms with Crippen LogP contribution in [0.2, 0.25) is 0 Å². The maximum Gasteiger partial charge on any atom is 0.132 e. The second kappa shape index (κ2) is 28.9. The van der Waals surface area contributed by atoms with Gasteiger partial charge in [-0.05, 0) is 25.7 Å². The van der Waals surface area contributed by atoms with Crippen LogP contribution in [0.4, 0.5) is 0 Å². The summed E-state index contributed by atoms with van der Waals surface area (Å²) in [5.41, 5.74) is 0. The Hall–Kier alpha value is -0.370. The molecule has 1 unspecified atom stereocenters. The van der Waals surface area contributed by atoms with Gasteiger partial charge >= 0.3 is 0 Å². The van der Waals surface area contributed by atoms with Crippen LogP contribution in [0.25, 0.3) is 0 Å². The zero-order chi connectivity index (χ0) is 25.0. The SMILES string of the molecule is CCCCCCCCCCCCCCCCCCCCCCCC(=O)CCCC(O)CCCC. The highest BCUT2D eigenvalue weighted by Gasteiger charge is 2.06. The third kappa shape index (κ3) is 27.9. The molecule has 0 saturated heterocycles. The smallest absolute Gasteiger partial charge is 0.132 e. The van der Waals surface area contributed by atoms with Crippen molar-refractivity contribution in [3.8, 4) is 0 Å². The molecule has 204 valence electrons. The van der Waals surface area contributed by atoms with Crippen molar-refractivity contribution < 1.29 is 9.90 Å². The molecule has 1 atom stereocenters. The maximum atomic E-state index is 12.0. The van der Waals surface area contributed by atoms with E-state index in [1.807, 2.05) is 0 Å². The van der Waals surface area contributed by atoms with Gasteiger partial charge in [0.25, 0.3) is 0 Å². The Kier molecular flexibility index (Phi) is 28.6. The predicted octanol–water partition coefficient (Wildman–Crippen LogP) is 10.9. The van der Waals surface area contributed by atoms with Crippen LogP contribution in [0.1, 0.15) is 194 Å². The van der Waals surface area contributed by atoms with E-state index in [2.05, 4.69) is 13.8 Å². The van der Waals surface area contributed by atoms with E-state index >= 15 is 0 Å². The van der Waals surface area contributed by atoms with Crippen molar-refractivity contribution in [3.63, 3.8) is 0 Å². The summed E-state index contributed by atoms with van der Waals surface area (Å²) in [5.74, 6) is 0.403. The summed E-state index contributed by atoms with van der Waals surface area (Å²) in [6.07, 6.45) is 35.4. The van der Waals surface area contributed by atoms with Crippen LogP contribution >= 0.6 is 0 Å². The molecule has 0 aromatic rings. The largest absolute Gasteiger partial charge is 0.393 e. The van der Waals surface area contributed by atoms with Gasteiger partial charge in [-0.15, -0.1) is 0 Å². The number of aliphatic hydroxyl groups is 1. The Labute approximate surface area is 215 Å². The Bertz CT molecular complexity index is 392. The Morgan fingerprint density at radius 1 is 0.441 bits per heavy atom. The van der Waals surface area contributed by atoms with E-state index in [0.29, 0.717) is 12.2 Å². The Morgan fingerprint density at radius 3 is 1.12 bits per heavy atom. The monoisotopic (exact) mass is 480 g/mol. The fraction of sp³-hybridized carbons (Fsp3) is 0.969. The van der Waals surface area contributed by atoms with Gasteiger partial charge in [0.2, 0.25) is 0 Å². The highest BCUT2D eigenvalue weighted by Crippen LogP contribution is 2.16. The summed E-state index contributed by atoms with van der Waals surface area (Å²) in [5, 5.41) is 9.84. The third-order valence-electron chi connectivity index (χ3n) is 7.44. The molecule has 0 heterocycles. The Morgan fingerprint density at radius 2 is 0.735 bits per heavy atom. The van der Waals surface area contributed by atoms with Gasteiger partial charge in [-0.2, -0.15) is 0 Å². The van der Waals surface area contributed by atoms with E-state index in [0.717, 1.165) is 44.9 Å². The van der Waals surface area contributed by atoms with E-state index in [-0.39, 0.29) is 6.10 Å². The molecular weight excluding hydrogens is 416 g/mol. The minimum Gasteiger partial charge on any atom is -0.393 e. The van der Waals surface area contributed by atoms with E-state index in [1.165, 1.54) is 128 Å². The molecule has 1 N–H and O–H groups in total. The van der Waals surface area contributed by atoms with E-state index in [4.69, 9.17) is 0 Å². The number of Topliss-reactive ketones (excluding diaryl/α,β-unsaturated/α-hetero) is 1. The predicted molar refractivity (Wildman–Crippen MR) is 152 cm³/mol. The number of hydrogen-bond acceptors (Lipinski definition) is 2. The minimum atomic E-state index is -0.197. The highest BCUT2D eigenvalue weighted by atomic mass is 16.3. The molecule has 0 spiro atoms. The second-order valence-electron chi connectivity index (χ2n) is 11.0. The average molecular weight is 481 g/mol. The van der Waals surface area contributed by atoms with Crippen LogP contribution in [-0.2, 0) is 4.79 Å². The van der Waals surface area contributed by atoms with Crippen LogP contribution in [0.15, 0.2) is 0 Å². The molecular formula is C32H64O2. The first-order valence-electron chi connectivity index (χ1n) is 15.9. The normalized spacial score (nSPS) is 12.3. The number of carbonyl (C=O) groups excluding carboxylic acids is 1. The number of unbranched alkanes of at least 4 members (excludes halogenated alkanes) is 21. The lowest BCUT2D eigenvalue weighted by Crippen LogP contribution is -2.07. The quantitative estimate of drug-likeness (QED) is 0.108. The summed E-state index contributed by atoms with van der Waals surface area (Å²) in [6, 6.07) is 0. The molecule has 0 aliphatic heterocycles. The highest BCUT2D eigenvalue weighted by molar-refractivity contribution is 5.78. The molecule has 0 amide bonds. The first-order valence-corrected chi connectivity index (χ1v) is 15.9. The molecule has 0 aliphatic rings. The molecule has 2 heteroatoms. The van der Waals surface area contributed by atoms with Gasteiger partial charge in [0.05, 0.1) is 6.10 Å². The van der Waals surface area contributed by atoms with Crippen molar-refractivity contribution in [1.29, 1.82) is 0 Å². The van der Waals surface area contributed by atoms with Crippen molar-refractivity contribution >= 4 is 5.78 Å². The zero-order valence-electron chi connectivity index (χ0n) is 23.7. The van der Waals surface area contributed by atoms with Gasteiger partial charge in [-0.25, -0.2) is 0 Å². The van der Waals surface area contributed by atoms with Crippen LogP contribution in [0.5, 0.6) is 0 Å². The topological polar surface area (TPSA) is 37.3 Å². The first-order chi connectivity index (χ1) is 16.7. The fourth-order valence-electron chi connectivity index (χ4n) is 5.00. The standard InChI is InChI=1S/C32H64O2/c1-3-5-7-8-9-10-11-12-13-14-15-16-17-18-19-20-21-22-23-24-25-28-32(34)30-26-29-31(33)27-6-4-2/h31,33H,3-30H2,1-2H3. The van der Waals surface area contributed by atoms with Gasteiger partial charge in [-0.3, -0.25) is 4.79 Å². The van der Waals surface area contributed by atoms with E-state index < -0.39 is 0 Å². The summed E-state index contributed by atoms with van der Waals surface area (Å²) < 4.78 is 0. The van der Waals surface area contributed by atoms with Crippen LogP contribution in [0, 0.1) is 0 Å². The number of rotatable bonds is 29. The third-order valence-corrected chi connectivity index (χ3v) is 7.44. The lowest BCUT2D eigenvalue weighted by Gasteiger charge is -2.09. The molecule has 0 aliphatic carbocycles. The Balaban J connectivity index is 3.15. The van der Waals surface area contributed by atoms with Gasteiger partial charge < -0.3 is 5.11 Å². The molecule has 0 aromatic heterocycles. The van der Waals surface area contributed by atoms with E-state index in [9.17, 15) is 9.90 Å². The number of hydrogen-bond donors (Lipinski definition) is 1. The zero-order valence-corrected chi connectivity index (χ0v) is 23.7. The summed E-state index contributed by atoms with van der Waals surface area (Å²) in [7, 11) is 0. The van der Waals surface area contributed by atoms with Crippen molar-refractivity contribution in [2.45, 2.75) is 200 Å². The van der Waals surface area contributed by atoms with Crippen LogP contribution in [-0.4, -0.2) is 17.0 Å². The van der Waals surface area contributed by atoms with Gasteiger partial charge in [-0.1, -0.05) is 155 Å². The number of carbonyl (C=O) groups is 1. The van der Waals surface area contributed by atoms with Crippen molar-refractivity contribution in [2.24, 2.45) is 0 Å². The molecule has 0 fully saturated rings. The van der Waals surface area contributed by atoms with Crippen molar-refractivity contribution in [1.82, 2.24) is 0 Å². The van der Waals surface area contributed by atoms with Crippen molar-refractivity contribution in [2.75, 3.05) is 0 Å². The molecule has 0 radical (unpaired) electrons. The summed E-state index contributed by atoms with van der Waals surface area (Å²) in [4.78, 5) is 12.0. The molecule has 2 nitrogen and oxygen atoms in total. The fourth-order valence-corrected chi connectivity index (χ4v) is 5.00. The number of ketones is 1. The maximum absolute atomic E-state index is 12.0. The van der Waals surface area contributed by atoms with Gasteiger partial charge in [0, 0.05) is 12.8 Å². The second-order valence-corrected chi connectivity index (χ2v) is 11.0. The average Bonchev–Trinajstić information content (AvgIpc) is 2.83. The van der Waals surface area contributed by atoms with E-state index in [1.54, 1.807) is 0 Å². The van der Waals surface area contributed by atoms with Gasteiger partial charge in [0.15, 0.2) is 0 Å². The lowest BCUT2D eigenvalue weighted by molar-refractivity contribution is -0.119. The molecule has 0 saturated carbocycles. The molecule has 0 rings (SSSR count). The molecule has 0 aromatic carbocycles. The minimum absolute atomic E-state index is 0.197. The van der Waals surface area contributed by atoms with Crippen LogP contribution in [0.3, 0.4) is 0 Å². The number of aliphatic hydroxyl groups excluding tert-OH is 1. The van der Waals surface area contributed by atoms with Gasteiger partial charge in [0.1, 0.15) is 5.78 Å². The lowest BCUT2D eigenvalue weighted by atomic mass is 10.0.